The van der Waals surface area contributed by atoms with Crippen LogP contribution in [0.2, 0.25) is 5.22 Å². The zero-order chi connectivity index (χ0) is 14.8. The first-order chi connectivity index (χ1) is 10.2. The fourth-order valence-electron chi connectivity index (χ4n) is 2.43. The highest BCUT2D eigenvalue weighted by atomic mass is 35.5. The Kier molecular flexibility index (Phi) is 3.95. The number of hydrogen-bond donors (Lipinski definition) is 1. The van der Waals surface area contributed by atoms with Crippen molar-refractivity contribution in [3.8, 4) is 0 Å². The van der Waals surface area contributed by atoms with Crippen molar-refractivity contribution in [2.75, 3.05) is 0 Å². The average Bonchev–Trinajstić information content (AvgIpc) is 2.81. The third-order valence-corrected chi connectivity index (χ3v) is 3.91. The number of fused-ring (bicyclic) bond motifs is 1. The number of para-hydroxylation sites is 1. The molecule has 21 heavy (non-hydrogen) atoms. The largest absolute Gasteiger partial charge is 0.444 e. The topological polar surface area (TPSA) is 25.2 Å². The average molecular weight is 304 g/mol. The maximum absolute atomic E-state index is 13.8. The fraction of sp³-hybridized carbons (Fsp3) is 0.176. The van der Waals surface area contributed by atoms with Crippen LogP contribution in [0.5, 0.6) is 0 Å². The number of halogens is 2. The molecule has 0 fully saturated rings. The summed E-state index contributed by atoms with van der Waals surface area (Å²) >= 11 is 6.15. The predicted octanol–water partition coefficient (Wildman–Crippen LogP) is 5.08. The molecular formula is C17H15ClFNO. The van der Waals surface area contributed by atoms with Gasteiger partial charge in [0.15, 0.2) is 5.22 Å². The molecule has 0 amide bonds. The van der Waals surface area contributed by atoms with Gasteiger partial charge < -0.3 is 9.73 Å². The van der Waals surface area contributed by atoms with Crippen LogP contribution in [0.4, 0.5) is 4.39 Å². The van der Waals surface area contributed by atoms with Gasteiger partial charge in [-0.25, -0.2) is 4.39 Å². The van der Waals surface area contributed by atoms with Crippen molar-refractivity contribution in [1.82, 2.24) is 5.32 Å². The molecule has 0 aliphatic carbocycles. The first kappa shape index (κ1) is 14.1. The van der Waals surface area contributed by atoms with Crippen molar-refractivity contribution in [3.05, 3.63) is 70.7 Å². The molecule has 1 atom stereocenters. The SMILES string of the molecule is C[C@@H](NCc1c(Cl)oc2ccccc12)c1ccccc1F. The van der Waals surface area contributed by atoms with Crippen molar-refractivity contribution in [3.63, 3.8) is 0 Å². The molecule has 0 unspecified atom stereocenters. The van der Waals surface area contributed by atoms with E-state index in [1.54, 1.807) is 12.1 Å². The molecule has 1 aromatic heterocycles. The van der Waals surface area contributed by atoms with E-state index in [0.29, 0.717) is 17.3 Å². The normalized spacial score (nSPS) is 12.7. The number of furan rings is 1. The minimum atomic E-state index is -0.208. The third kappa shape index (κ3) is 2.80. The first-order valence-corrected chi connectivity index (χ1v) is 7.18. The van der Waals surface area contributed by atoms with Crippen molar-refractivity contribution < 1.29 is 8.81 Å². The molecule has 0 saturated carbocycles. The molecule has 3 aromatic rings. The molecule has 108 valence electrons. The lowest BCUT2D eigenvalue weighted by Crippen LogP contribution is -2.19. The van der Waals surface area contributed by atoms with E-state index >= 15 is 0 Å². The Morgan fingerprint density at radius 1 is 1.14 bits per heavy atom. The maximum Gasteiger partial charge on any atom is 0.199 e. The summed E-state index contributed by atoms with van der Waals surface area (Å²) in [6, 6.07) is 14.3. The van der Waals surface area contributed by atoms with Gasteiger partial charge in [-0.05, 0) is 30.7 Å². The van der Waals surface area contributed by atoms with Gasteiger partial charge in [-0.3, -0.25) is 0 Å². The maximum atomic E-state index is 13.8. The Balaban J connectivity index is 1.81. The third-order valence-electron chi connectivity index (χ3n) is 3.61. The van der Waals surface area contributed by atoms with Crippen LogP contribution >= 0.6 is 11.6 Å². The van der Waals surface area contributed by atoms with Gasteiger partial charge in [0.2, 0.25) is 0 Å². The highest BCUT2D eigenvalue weighted by Crippen LogP contribution is 2.30. The highest BCUT2D eigenvalue weighted by molar-refractivity contribution is 6.30. The van der Waals surface area contributed by atoms with Gasteiger partial charge >= 0.3 is 0 Å². The Bertz CT molecular complexity index is 768. The molecule has 0 saturated heterocycles. The molecule has 2 aromatic carbocycles. The quantitative estimate of drug-likeness (QED) is 0.727. The van der Waals surface area contributed by atoms with Crippen LogP contribution in [-0.2, 0) is 6.54 Å². The van der Waals surface area contributed by atoms with E-state index in [2.05, 4.69) is 5.32 Å². The second-order valence-electron chi connectivity index (χ2n) is 4.97. The van der Waals surface area contributed by atoms with Gasteiger partial charge in [0.1, 0.15) is 11.4 Å². The van der Waals surface area contributed by atoms with Crippen LogP contribution in [0.15, 0.2) is 52.9 Å². The summed E-state index contributed by atoms with van der Waals surface area (Å²) in [6.07, 6.45) is 0. The molecular weight excluding hydrogens is 289 g/mol. The molecule has 4 heteroatoms. The summed E-state index contributed by atoms with van der Waals surface area (Å²) in [6.45, 7) is 2.44. The highest BCUT2D eigenvalue weighted by Gasteiger charge is 2.14. The van der Waals surface area contributed by atoms with Gasteiger partial charge in [-0.15, -0.1) is 0 Å². The zero-order valence-electron chi connectivity index (χ0n) is 11.6. The van der Waals surface area contributed by atoms with E-state index in [1.807, 2.05) is 37.3 Å². The number of nitrogens with one attached hydrogen (secondary N) is 1. The lowest BCUT2D eigenvalue weighted by molar-refractivity contribution is 0.525. The molecule has 0 radical (unpaired) electrons. The van der Waals surface area contributed by atoms with Crippen LogP contribution in [0.1, 0.15) is 24.1 Å². The van der Waals surface area contributed by atoms with E-state index in [0.717, 1.165) is 16.5 Å². The van der Waals surface area contributed by atoms with Gasteiger partial charge in [0.25, 0.3) is 0 Å². The lowest BCUT2D eigenvalue weighted by atomic mass is 10.1. The minimum Gasteiger partial charge on any atom is -0.444 e. The molecule has 1 N–H and O–H groups in total. The summed E-state index contributed by atoms with van der Waals surface area (Å²) in [5, 5.41) is 4.65. The Labute approximate surface area is 127 Å². The summed E-state index contributed by atoms with van der Waals surface area (Å²) in [7, 11) is 0. The smallest absolute Gasteiger partial charge is 0.199 e. The van der Waals surface area contributed by atoms with Gasteiger partial charge in [0.05, 0.1) is 0 Å². The van der Waals surface area contributed by atoms with Crippen molar-refractivity contribution in [1.29, 1.82) is 0 Å². The van der Waals surface area contributed by atoms with E-state index in [1.165, 1.54) is 6.07 Å². The summed E-state index contributed by atoms with van der Waals surface area (Å²) in [4.78, 5) is 0. The Morgan fingerprint density at radius 3 is 2.67 bits per heavy atom. The lowest BCUT2D eigenvalue weighted by Gasteiger charge is -2.14. The Hall–Kier alpha value is -1.84. The molecule has 0 bridgehead atoms. The number of hydrogen-bond acceptors (Lipinski definition) is 2. The second-order valence-corrected chi connectivity index (χ2v) is 5.32. The van der Waals surface area contributed by atoms with Crippen molar-refractivity contribution in [2.45, 2.75) is 19.5 Å². The zero-order valence-corrected chi connectivity index (χ0v) is 12.3. The molecule has 3 rings (SSSR count). The standard InChI is InChI=1S/C17H15ClFNO/c1-11(12-6-2-4-8-15(12)19)20-10-14-13-7-3-5-9-16(13)21-17(14)18/h2-9,11,20H,10H2,1H3/t11-/m1/s1. The first-order valence-electron chi connectivity index (χ1n) is 6.80. The summed E-state index contributed by atoms with van der Waals surface area (Å²) < 4.78 is 19.3. The summed E-state index contributed by atoms with van der Waals surface area (Å²) in [5.41, 5.74) is 2.30. The summed E-state index contributed by atoms with van der Waals surface area (Å²) in [5.74, 6) is -0.208. The van der Waals surface area contributed by atoms with E-state index in [4.69, 9.17) is 16.0 Å². The van der Waals surface area contributed by atoms with Crippen molar-refractivity contribution >= 4 is 22.6 Å². The monoisotopic (exact) mass is 303 g/mol. The van der Waals surface area contributed by atoms with Crippen molar-refractivity contribution in [2.24, 2.45) is 0 Å². The van der Waals surface area contributed by atoms with Crippen LogP contribution in [0, 0.1) is 5.82 Å². The second kappa shape index (κ2) is 5.88. The van der Waals surface area contributed by atoms with E-state index in [-0.39, 0.29) is 11.9 Å². The van der Waals surface area contributed by atoms with E-state index in [9.17, 15) is 4.39 Å². The van der Waals surface area contributed by atoms with Crippen LogP contribution in [0.3, 0.4) is 0 Å². The molecule has 0 spiro atoms. The van der Waals surface area contributed by atoms with Crippen LogP contribution < -0.4 is 5.32 Å². The van der Waals surface area contributed by atoms with Gasteiger partial charge in [-0.2, -0.15) is 0 Å². The van der Waals surface area contributed by atoms with Crippen LogP contribution in [-0.4, -0.2) is 0 Å². The molecule has 0 aliphatic heterocycles. The number of benzene rings is 2. The van der Waals surface area contributed by atoms with Gasteiger partial charge in [0, 0.05) is 29.1 Å². The van der Waals surface area contributed by atoms with Crippen LogP contribution in [0.25, 0.3) is 11.0 Å². The molecule has 2 nitrogen and oxygen atoms in total. The predicted molar refractivity (Wildman–Crippen MR) is 82.9 cm³/mol. The number of rotatable bonds is 4. The fourth-order valence-corrected chi connectivity index (χ4v) is 2.68. The molecule has 0 aliphatic rings. The Morgan fingerprint density at radius 2 is 1.86 bits per heavy atom. The molecule has 1 heterocycles. The van der Waals surface area contributed by atoms with E-state index < -0.39 is 0 Å². The minimum absolute atomic E-state index is 0.115. The van der Waals surface area contributed by atoms with Gasteiger partial charge in [-0.1, -0.05) is 36.4 Å².